The Morgan fingerprint density at radius 2 is 1.82 bits per heavy atom. The second-order valence-corrected chi connectivity index (χ2v) is 6.46. The Kier molecular flexibility index (Phi) is 6.94. The van der Waals surface area contributed by atoms with E-state index in [0.29, 0.717) is 29.7 Å². The maximum atomic E-state index is 5.91. The van der Waals surface area contributed by atoms with E-state index < -0.39 is 0 Å². The standard InChI is InChI=1S/C21H28N4O3/c1-4-22-21(25-12-5-6-13-25)24-15-16-10-11-19(23-14-16)28-20-17(26-2)8-7-9-18(20)27-3/h7-11,14H,4-6,12-13,15H2,1-3H3,(H,22,24). The number of pyridine rings is 1. The number of nitrogens with one attached hydrogen (secondary N) is 1. The molecule has 0 saturated carbocycles. The normalized spacial score (nSPS) is 14.1. The van der Waals surface area contributed by atoms with Gasteiger partial charge in [-0.05, 0) is 37.5 Å². The van der Waals surface area contributed by atoms with Gasteiger partial charge in [0.05, 0.1) is 20.8 Å². The van der Waals surface area contributed by atoms with E-state index >= 15 is 0 Å². The summed E-state index contributed by atoms with van der Waals surface area (Å²) >= 11 is 0. The van der Waals surface area contributed by atoms with Gasteiger partial charge in [-0.1, -0.05) is 12.1 Å². The molecular weight excluding hydrogens is 356 g/mol. The predicted molar refractivity (Wildman–Crippen MR) is 109 cm³/mol. The van der Waals surface area contributed by atoms with Gasteiger partial charge in [0.15, 0.2) is 17.5 Å². The minimum absolute atomic E-state index is 0.474. The van der Waals surface area contributed by atoms with Gasteiger partial charge in [-0.25, -0.2) is 9.98 Å². The van der Waals surface area contributed by atoms with E-state index in [0.717, 1.165) is 31.2 Å². The van der Waals surface area contributed by atoms with Crippen LogP contribution in [0, 0.1) is 0 Å². The number of hydrogen-bond acceptors (Lipinski definition) is 5. The molecule has 1 fully saturated rings. The van der Waals surface area contributed by atoms with Crippen LogP contribution in [0.25, 0.3) is 0 Å². The van der Waals surface area contributed by atoms with Crippen LogP contribution in [0.5, 0.6) is 23.1 Å². The van der Waals surface area contributed by atoms with Crippen molar-refractivity contribution in [3.63, 3.8) is 0 Å². The highest BCUT2D eigenvalue weighted by Crippen LogP contribution is 2.39. The molecule has 0 radical (unpaired) electrons. The summed E-state index contributed by atoms with van der Waals surface area (Å²) in [4.78, 5) is 11.5. The number of methoxy groups -OCH3 is 2. The lowest BCUT2D eigenvalue weighted by Crippen LogP contribution is -2.39. The number of hydrogen-bond donors (Lipinski definition) is 1. The summed E-state index contributed by atoms with van der Waals surface area (Å²) in [7, 11) is 3.19. The van der Waals surface area contributed by atoms with E-state index in [1.54, 1.807) is 20.4 Å². The van der Waals surface area contributed by atoms with Crippen molar-refractivity contribution in [3.05, 3.63) is 42.1 Å². The molecule has 150 valence electrons. The topological polar surface area (TPSA) is 68.2 Å². The maximum Gasteiger partial charge on any atom is 0.219 e. The van der Waals surface area contributed by atoms with Gasteiger partial charge in [-0.2, -0.15) is 0 Å². The Morgan fingerprint density at radius 3 is 2.39 bits per heavy atom. The first-order valence-electron chi connectivity index (χ1n) is 9.62. The fraction of sp³-hybridized carbons (Fsp3) is 0.429. The summed E-state index contributed by atoms with van der Waals surface area (Å²) in [5.41, 5.74) is 1.02. The van der Waals surface area contributed by atoms with Crippen LogP contribution in [0.2, 0.25) is 0 Å². The molecule has 1 N–H and O–H groups in total. The number of likely N-dealkylation sites (tertiary alicyclic amines) is 1. The van der Waals surface area contributed by atoms with Gasteiger partial charge in [0.1, 0.15) is 0 Å². The van der Waals surface area contributed by atoms with Crippen molar-refractivity contribution in [3.8, 4) is 23.1 Å². The van der Waals surface area contributed by atoms with Crippen LogP contribution in [0.1, 0.15) is 25.3 Å². The summed E-state index contributed by atoms with van der Waals surface area (Å²) in [5.74, 6) is 3.14. The predicted octanol–water partition coefficient (Wildman–Crippen LogP) is 3.45. The first-order chi connectivity index (χ1) is 13.7. The molecule has 0 bridgehead atoms. The quantitative estimate of drug-likeness (QED) is 0.582. The van der Waals surface area contributed by atoms with E-state index in [9.17, 15) is 0 Å². The number of para-hydroxylation sites is 1. The zero-order chi connectivity index (χ0) is 19.8. The van der Waals surface area contributed by atoms with E-state index in [2.05, 4.69) is 22.1 Å². The number of guanidine groups is 1. The highest BCUT2D eigenvalue weighted by molar-refractivity contribution is 5.80. The third-order valence-electron chi connectivity index (χ3n) is 4.54. The average molecular weight is 384 g/mol. The molecule has 7 nitrogen and oxygen atoms in total. The molecule has 1 aliphatic heterocycles. The summed E-state index contributed by atoms with van der Waals surface area (Å²) in [6, 6.07) is 9.30. The molecule has 28 heavy (non-hydrogen) atoms. The van der Waals surface area contributed by atoms with Gasteiger partial charge in [0.25, 0.3) is 0 Å². The van der Waals surface area contributed by atoms with Crippen LogP contribution in [0.3, 0.4) is 0 Å². The molecule has 0 amide bonds. The lowest BCUT2D eigenvalue weighted by Gasteiger charge is -2.20. The lowest BCUT2D eigenvalue weighted by molar-refractivity contribution is 0.342. The first kappa shape index (κ1) is 19.8. The summed E-state index contributed by atoms with van der Waals surface area (Å²) in [6.45, 7) is 5.66. The van der Waals surface area contributed by atoms with Crippen molar-refractivity contribution in [1.82, 2.24) is 15.2 Å². The molecule has 1 aromatic carbocycles. The van der Waals surface area contributed by atoms with Crippen LogP contribution in [-0.4, -0.2) is 49.7 Å². The molecule has 3 rings (SSSR count). The number of benzene rings is 1. The first-order valence-corrected chi connectivity index (χ1v) is 9.62. The van der Waals surface area contributed by atoms with Crippen molar-refractivity contribution in [2.24, 2.45) is 4.99 Å². The van der Waals surface area contributed by atoms with Gasteiger partial charge in [-0.15, -0.1) is 0 Å². The van der Waals surface area contributed by atoms with E-state index in [-0.39, 0.29) is 0 Å². The third-order valence-corrected chi connectivity index (χ3v) is 4.54. The molecule has 1 aromatic heterocycles. The molecule has 7 heteroatoms. The molecule has 2 aromatic rings. The molecule has 0 spiro atoms. The van der Waals surface area contributed by atoms with Gasteiger partial charge >= 0.3 is 0 Å². The van der Waals surface area contributed by atoms with Gasteiger partial charge in [0, 0.05) is 31.9 Å². The molecular formula is C21H28N4O3. The summed E-state index contributed by atoms with van der Waals surface area (Å²) in [6.07, 6.45) is 4.24. The van der Waals surface area contributed by atoms with Crippen LogP contribution < -0.4 is 19.5 Å². The Bertz CT molecular complexity index is 764. The number of aliphatic imine (C=N–C) groups is 1. The van der Waals surface area contributed by atoms with Gasteiger partial charge < -0.3 is 24.4 Å². The second-order valence-electron chi connectivity index (χ2n) is 6.46. The fourth-order valence-electron chi connectivity index (χ4n) is 3.11. The van der Waals surface area contributed by atoms with Crippen molar-refractivity contribution < 1.29 is 14.2 Å². The van der Waals surface area contributed by atoms with Gasteiger partial charge in [-0.3, -0.25) is 0 Å². The number of ether oxygens (including phenoxy) is 3. The van der Waals surface area contributed by atoms with Crippen LogP contribution in [-0.2, 0) is 6.54 Å². The van der Waals surface area contributed by atoms with E-state index in [4.69, 9.17) is 19.2 Å². The van der Waals surface area contributed by atoms with E-state index in [1.807, 2.05) is 30.3 Å². The number of aromatic nitrogens is 1. The van der Waals surface area contributed by atoms with Crippen molar-refractivity contribution in [1.29, 1.82) is 0 Å². The van der Waals surface area contributed by atoms with Crippen LogP contribution >= 0.6 is 0 Å². The molecule has 0 atom stereocenters. The zero-order valence-corrected chi connectivity index (χ0v) is 16.8. The SMILES string of the molecule is CCNC(=NCc1ccc(Oc2c(OC)cccc2OC)nc1)N1CCCC1. The summed E-state index contributed by atoms with van der Waals surface area (Å²) < 4.78 is 16.6. The Labute approximate surface area is 166 Å². The largest absolute Gasteiger partial charge is 0.493 e. The number of nitrogens with zero attached hydrogens (tertiary/aromatic N) is 3. The van der Waals surface area contributed by atoms with Gasteiger partial charge in [0.2, 0.25) is 11.6 Å². The van der Waals surface area contributed by atoms with Crippen molar-refractivity contribution >= 4 is 5.96 Å². The molecule has 0 unspecified atom stereocenters. The minimum Gasteiger partial charge on any atom is -0.493 e. The second kappa shape index (κ2) is 9.82. The highest BCUT2D eigenvalue weighted by Gasteiger charge is 2.16. The molecule has 2 heterocycles. The molecule has 1 saturated heterocycles. The monoisotopic (exact) mass is 384 g/mol. The van der Waals surface area contributed by atoms with Crippen LogP contribution in [0.4, 0.5) is 0 Å². The third kappa shape index (κ3) is 4.85. The lowest BCUT2D eigenvalue weighted by atomic mass is 10.3. The molecule has 1 aliphatic rings. The minimum atomic E-state index is 0.474. The van der Waals surface area contributed by atoms with Crippen molar-refractivity contribution in [2.45, 2.75) is 26.3 Å². The average Bonchev–Trinajstić information content (AvgIpc) is 3.27. The fourth-order valence-corrected chi connectivity index (χ4v) is 3.11. The summed E-state index contributed by atoms with van der Waals surface area (Å²) in [5, 5.41) is 3.37. The van der Waals surface area contributed by atoms with E-state index in [1.165, 1.54) is 12.8 Å². The Morgan fingerprint density at radius 1 is 1.11 bits per heavy atom. The Hall–Kier alpha value is -2.96. The maximum absolute atomic E-state index is 5.91. The Balaban J connectivity index is 1.69. The smallest absolute Gasteiger partial charge is 0.219 e. The van der Waals surface area contributed by atoms with Crippen molar-refractivity contribution in [2.75, 3.05) is 33.9 Å². The highest BCUT2D eigenvalue weighted by atomic mass is 16.5. The number of rotatable bonds is 7. The zero-order valence-electron chi connectivity index (χ0n) is 16.8. The molecule has 0 aliphatic carbocycles. The van der Waals surface area contributed by atoms with Crippen LogP contribution in [0.15, 0.2) is 41.5 Å².